The summed E-state index contributed by atoms with van der Waals surface area (Å²) in [5.74, 6) is 1.81. The highest BCUT2D eigenvalue weighted by Gasteiger charge is 2.13. The lowest BCUT2D eigenvalue weighted by Gasteiger charge is -2.17. The van der Waals surface area contributed by atoms with Crippen LogP contribution in [0.5, 0.6) is 11.5 Å². The van der Waals surface area contributed by atoms with Gasteiger partial charge in [0.05, 0.1) is 5.56 Å². The number of para-hydroxylation sites is 1. The minimum Gasteiger partial charge on any atom is -0.456 e. The number of hydrogen-bond donors (Lipinski definition) is 2. The largest absolute Gasteiger partial charge is 0.456 e. The fraction of sp³-hybridized carbons (Fsp3) is 0.235. The molecule has 0 aliphatic rings. The maximum atomic E-state index is 7.67. The van der Waals surface area contributed by atoms with E-state index in [2.05, 4.69) is 35.8 Å². The molecule has 0 fully saturated rings. The van der Waals surface area contributed by atoms with Crippen LogP contribution in [0.15, 0.2) is 46.9 Å². The van der Waals surface area contributed by atoms with Crippen molar-refractivity contribution in [3.63, 3.8) is 0 Å². The van der Waals surface area contributed by atoms with Crippen LogP contribution in [0, 0.1) is 5.41 Å². The standard InChI is InChI=1S/C17H19BrN2O/c1-3-11(2)13-6-4-5-7-15(13)21-16-10-12(18)8-9-14(16)17(19)20/h4-11H,3H2,1-2H3,(H3,19,20). The minimum absolute atomic E-state index is 0.00137. The predicted molar refractivity (Wildman–Crippen MR) is 90.4 cm³/mol. The number of rotatable bonds is 5. The molecule has 0 saturated carbocycles. The highest BCUT2D eigenvalue weighted by molar-refractivity contribution is 9.10. The predicted octanol–water partition coefficient (Wildman–Crippen LogP) is 5.04. The highest BCUT2D eigenvalue weighted by atomic mass is 79.9. The zero-order valence-corrected chi connectivity index (χ0v) is 13.8. The lowest BCUT2D eigenvalue weighted by molar-refractivity contribution is 0.469. The van der Waals surface area contributed by atoms with E-state index in [-0.39, 0.29) is 5.84 Å². The molecule has 0 saturated heterocycles. The van der Waals surface area contributed by atoms with Gasteiger partial charge >= 0.3 is 0 Å². The van der Waals surface area contributed by atoms with Gasteiger partial charge in [-0.1, -0.05) is 48.0 Å². The van der Waals surface area contributed by atoms with Gasteiger partial charge in [-0.15, -0.1) is 0 Å². The topological polar surface area (TPSA) is 59.1 Å². The summed E-state index contributed by atoms with van der Waals surface area (Å²) in [4.78, 5) is 0. The van der Waals surface area contributed by atoms with Crippen LogP contribution in [0.1, 0.15) is 37.3 Å². The molecule has 0 aliphatic carbocycles. The Balaban J connectivity index is 2.43. The van der Waals surface area contributed by atoms with Crippen LogP contribution >= 0.6 is 15.9 Å². The summed E-state index contributed by atoms with van der Waals surface area (Å²) in [7, 11) is 0. The summed E-state index contributed by atoms with van der Waals surface area (Å²) in [5.41, 5.74) is 7.39. The van der Waals surface area contributed by atoms with Crippen LogP contribution in [0.25, 0.3) is 0 Å². The van der Waals surface area contributed by atoms with Gasteiger partial charge in [0.25, 0.3) is 0 Å². The van der Waals surface area contributed by atoms with Gasteiger partial charge in [-0.2, -0.15) is 0 Å². The molecule has 0 amide bonds. The SMILES string of the molecule is CCC(C)c1ccccc1Oc1cc(Br)ccc1C(=N)N. The molecule has 0 radical (unpaired) electrons. The molecule has 110 valence electrons. The van der Waals surface area contributed by atoms with Crippen LogP contribution in [0.3, 0.4) is 0 Å². The Kier molecular flexibility index (Phi) is 5.02. The molecule has 0 spiro atoms. The second-order valence-corrected chi connectivity index (χ2v) is 5.92. The molecule has 1 atom stereocenters. The number of ether oxygens (including phenoxy) is 1. The van der Waals surface area contributed by atoms with E-state index in [4.69, 9.17) is 15.9 Å². The fourth-order valence-electron chi connectivity index (χ4n) is 2.12. The molecule has 0 aromatic heterocycles. The molecular formula is C17H19BrN2O. The Labute approximate surface area is 133 Å². The van der Waals surface area contributed by atoms with Crippen LogP contribution < -0.4 is 10.5 Å². The van der Waals surface area contributed by atoms with Gasteiger partial charge in [0, 0.05) is 4.47 Å². The lowest BCUT2D eigenvalue weighted by atomic mass is 9.98. The number of halogens is 1. The van der Waals surface area contributed by atoms with Crippen LogP contribution in [0.2, 0.25) is 0 Å². The van der Waals surface area contributed by atoms with Crippen molar-refractivity contribution in [2.45, 2.75) is 26.2 Å². The molecule has 4 heteroatoms. The average Bonchev–Trinajstić information content (AvgIpc) is 2.47. The van der Waals surface area contributed by atoms with Crippen LogP contribution in [-0.4, -0.2) is 5.84 Å². The first-order chi connectivity index (χ1) is 10.0. The number of nitrogen functional groups attached to an aromatic ring is 1. The van der Waals surface area contributed by atoms with E-state index in [0.29, 0.717) is 17.2 Å². The average molecular weight is 347 g/mol. The van der Waals surface area contributed by atoms with Gasteiger partial charge in [-0.3, -0.25) is 5.41 Å². The quantitative estimate of drug-likeness (QED) is 0.588. The third kappa shape index (κ3) is 3.64. The van der Waals surface area contributed by atoms with Gasteiger partial charge < -0.3 is 10.5 Å². The van der Waals surface area contributed by atoms with E-state index < -0.39 is 0 Å². The third-order valence-electron chi connectivity index (χ3n) is 3.52. The first-order valence-corrected chi connectivity index (χ1v) is 7.73. The van der Waals surface area contributed by atoms with Crippen molar-refractivity contribution in [3.05, 3.63) is 58.1 Å². The van der Waals surface area contributed by atoms with E-state index in [0.717, 1.165) is 22.2 Å². The van der Waals surface area contributed by atoms with E-state index in [9.17, 15) is 0 Å². The lowest BCUT2D eigenvalue weighted by Crippen LogP contribution is -2.12. The van der Waals surface area contributed by atoms with E-state index in [1.165, 1.54) is 0 Å². The van der Waals surface area contributed by atoms with Crippen LogP contribution in [0.4, 0.5) is 0 Å². The molecule has 1 unspecified atom stereocenters. The van der Waals surface area contributed by atoms with Gasteiger partial charge in [-0.05, 0) is 42.2 Å². The Hall–Kier alpha value is -1.81. The molecule has 2 aromatic rings. The Morgan fingerprint density at radius 1 is 1.24 bits per heavy atom. The summed E-state index contributed by atoms with van der Waals surface area (Å²) in [6, 6.07) is 13.5. The van der Waals surface area contributed by atoms with Crippen LogP contribution in [-0.2, 0) is 0 Å². The van der Waals surface area contributed by atoms with E-state index >= 15 is 0 Å². The fourth-order valence-corrected chi connectivity index (χ4v) is 2.46. The Bertz CT molecular complexity index is 655. The molecule has 0 heterocycles. The third-order valence-corrected chi connectivity index (χ3v) is 4.01. The summed E-state index contributed by atoms with van der Waals surface area (Å²) < 4.78 is 6.95. The van der Waals surface area contributed by atoms with Crippen molar-refractivity contribution in [2.75, 3.05) is 0 Å². The number of nitrogens with two attached hydrogens (primary N) is 1. The van der Waals surface area contributed by atoms with Gasteiger partial charge in [0.2, 0.25) is 0 Å². The minimum atomic E-state index is -0.00137. The number of amidine groups is 1. The second kappa shape index (κ2) is 6.76. The second-order valence-electron chi connectivity index (χ2n) is 5.00. The zero-order valence-electron chi connectivity index (χ0n) is 12.2. The zero-order chi connectivity index (χ0) is 15.4. The van der Waals surface area contributed by atoms with E-state index in [1.54, 1.807) is 6.07 Å². The van der Waals surface area contributed by atoms with Crippen molar-refractivity contribution in [3.8, 4) is 11.5 Å². The molecule has 0 aliphatic heterocycles. The smallest absolute Gasteiger partial charge is 0.139 e. The Morgan fingerprint density at radius 3 is 2.62 bits per heavy atom. The number of nitrogens with one attached hydrogen (secondary N) is 1. The van der Waals surface area contributed by atoms with Crippen molar-refractivity contribution in [1.82, 2.24) is 0 Å². The number of benzene rings is 2. The molecule has 0 bridgehead atoms. The molecule has 2 aromatic carbocycles. The number of hydrogen-bond acceptors (Lipinski definition) is 2. The highest BCUT2D eigenvalue weighted by Crippen LogP contribution is 2.34. The normalized spacial score (nSPS) is 12.0. The summed E-state index contributed by atoms with van der Waals surface area (Å²) >= 11 is 3.43. The van der Waals surface area contributed by atoms with Crippen molar-refractivity contribution >= 4 is 21.8 Å². The first-order valence-electron chi connectivity index (χ1n) is 6.93. The molecule has 3 N–H and O–H groups in total. The van der Waals surface area contributed by atoms with Crippen molar-refractivity contribution < 1.29 is 4.74 Å². The maximum absolute atomic E-state index is 7.67. The van der Waals surface area contributed by atoms with Gasteiger partial charge in [-0.25, -0.2) is 0 Å². The first kappa shape index (κ1) is 15.6. The van der Waals surface area contributed by atoms with Crippen molar-refractivity contribution in [1.29, 1.82) is 5.41 Å². The summed E-state index contributed by atoms with van der Waals surface area (Å²) in [6.45, 7) is 4.33. The maximum Gasteiger partial charge on any atom is 0.139 e. The van der Waals surface area contributed by atoms with Gasteiger partial charge in [0.15, 0.2) is 0 Å². The summed E-state index contributed by atoms with van der Waals surface area (Å²) in [5, 5.41) is 7.67. The molecule has 21 heavy (non-hydrogen) atoms. The molecule has 3 nitrogen and oxygen atoms in total. The van der Waals surface area contributed by atoms with Crippen molar-refractivity contribution in [2.24, 2.45) is 5.73 Å². The van der Waals surface area contributed by atoms with Gasteiger partial charge in [0.1, 0.15) is 17.3 Å². The monoisotopic (exact) mass is 346 g/mol. The Morgan fingerprint density at radius 2 is 1.95 bits per heavy atom. The molecular weight excluding hydrogens is 328 g/mol. The summed E-state index contributed by atoms with van der Waals surface area (Å²) in [6.07, 6.45) is 1.04. The van der Waals surface area contributed by atoms with E-state index in [1.807, 2.05) is 30.3 Å². The molecule has 2 rings (SSSR count).